The summed E-state index contributed by atoms with van der Waals surface area (Å²) < 4.78 is 0. The Labute approximate surface area is 132 Å². The van der Waals surface area contributed by atoms with E-state index in [1.807, 2.05) is 12.1 Å². The van der Waals surface area contributed by atoms with E-state index in [0.717, 1.165) is 5.56 Å². The van der Waals surface area contributed by atoms with Gasteiger partial charge in [-0.05, 0) is 17.7 Å². The van der Waals surface area contributed by atoms with Crippen molar-refractivity contribution >= 4 is 28.9 Å². The van der Waals surface area contributed by atoms with Crippen molar-refractivity contribution in [3.63, 3.8) is 0 Å². The molecule has 1 aromatic carbocycles. The molecule has 0 fully saturated rings. The third-order valence-electron chi connectivity index (χ3n) is 2.79. The lowest BCUT2D eigenvalue weighted by Crippen LogP contribution is -2.10. The van der Waals surface area contributed by atoms with Gasteiger partial charge in [-0.1, -0.05) is 29.8 Å². The molecule has 0 aliphatic rings. The molecule has 2 N–H and O–H groups in total. The fourth-order valence-electron chi connectivity index (χ4n) is 1.77. The van der Waals surface area contributed by atoms with Crippen molar-refractivity contribution < 1.29 is 4.92 Å². The molecule has 0 saturated heterocycles. The number of nitrogens with one attached hydrogen (secondary N) is 2. The van der Waals surface area contributed by atoms with Crippen LogP contribution >= 0.6 is 11.6 Å². The first-order valence-electron chi connectivity index (χ1n) is 6.44. The molecule has 2 rings (SSSR count). The van der Waals surface area contributed by atoms with E-state index in [2.05, 4.69) is 27.2 Å². The highest BCUT2D eigenvalue weighted by molar-refractivity contribution is 6.30. The van der Waals surface area contributed by atoms with Crippen LogP contribution in [-0.2, 0) is 6.54 Å². The van der Waals surface area contributed by atoms with E-state index in [9.17, 15) is 10.1 Å². The van der Waals surface area contributed by atoms with Gasteiger partial charge in [0.2, 0.25) is 11.6 Å². The average Bonchev–Trinajstić information content (AvgIpc) is 2.52. The van der Waals surface area contributed by atoms with Crippen LogP contribution in [0.3, 0.4) is 0 Å². The fourth-order valence-corrected chi connectivity index (χ4v) is 1.89. The molecular formula is C14H14ClN5O2. The topological polar surface area (TPSA) is 93.0 Å². The van der Waals surface area contributed by atoms with Gasteiger partial charge in [0.1, 0.15) is 6.33 Å². The Hall–Kier alpha value is -2.67. The SMILES string of the molecule is C=CCNc1ncnc(NCc2ccc(Cl)cc2)c1[N+](=O)[O-]. The lowest BCUT2D eigenvalue weighted by molar-refractivity contribution is -0.383. The molecule has 0 spiro atoms. The van der Waals surface area contributed by atoms with Gasteiger partial charge in [0.15, 0.2) is 0 Å². The van der Waals surface area contributed by atoms with Crippen molar-refractivity contribution in [1.29, 1.82) is 0 Å². The predicted octanol–water partition coefficient (Wildman–Crippen LogP) is 3.25. The second-order valence-electron chi connectivity index (χ2n) is 4.33. The smallest absolute Gasteiger partial charge is 0.353 e. The van der Waals surface area contributed by atoms with E-state index in [1.54, 1.807) is 18.2 Å². The Bertz CT molecular complexity index is 675. The lowest BCUT2D eigenvalue weighted by atomic mass is 10.2. The van der Waals surface area contributed by atoms with Crippen LogP contribution in [0.25, 0.3) is 0 Å². The number of aromatic nitrogens is 2. The first-order chi connectivity index (χ1) is 10.6. The molecule has 0 amide bonds. The minimum atomic E-state index is -0.518. The maximum Gasteiger partial charge on any atom is 0.353 e. The van der Waals surface area contributed by atoms with Gasteiger partial charge in [-0.25, -0.2) is 9.97 Å². The van der Waals surface area contributed by atoms with Crippen LogP contribution in [0.5, 0.6) is 0 Å². The molecular weight excluding hydrogens is 306 g/mol. The molecule has 7 nitrogen and oxygen atoms in total. The highest BCUT2D eigenvalue weighted by Gasteiger charge is 2.22. The highest BCUT2D eigenvalue weighted by atomic mass is 35.5. The van der Waals surface area contributed by atoms with Gasteiger partial charge >= 0.3 is 5.69 Å². The van der Waals surface area contributed by atoms with Crippen molar-refractivity contribution in [3.8, 4) is 0 Å². The van der Waals surface area contributed by atoms with E-state index < -0.39 is 4.92 Å². The van der Waals surface area contributed by atoms with Gasteiger partial charge in [-0.2, -0.15) is 0 Å². The summed E-state index contributed by atoms with van der Waals surface area (Å²) >= 11 is 5.82. The minimum Gasteiger partial charge on any atom is -0.361 e. The number of benzene rings is 1. The Morgan fingerprint density at radius 3 is 2.45 bits per heavy atom. The van der Waals surface area contributed by atoms with Crippen LogP contribution in [0.15, 0.2) is 43.2 Å². The molecule has 8 heteroatoms. The number of nitro groups is 1. The summed E-state index contributed by atoms with van der Waals surface area (Å²) in [5.74, 6) is 0.306. The van der Waals surface area contributed by atoms with Crippen LogP contribution in [-0.4, -0.2) is 21.4 Å². The zero-order valence-electron chi connectivity index (χ0n) is 11.6. The van der Waals surface area contributed by atoms with Crippen LogP contribution in [0, 0.1) is 10.1 Å². The summed E-state index contributed by atoms with van der Waals surface area (Å²) in [5, 5.41) is 17.7. The highest BCUT2D eigenvalue weighted by Crippen LogP contribution is 2.29. The van der Waals surface area contributed by atoms with E-state index in [4.69, 9.17) is 11.6 Å². The summed E-state index contributed by atoms with van der Waals surface area (Å²) in [6.45, 7) is 4.31. The second kappa shape index (κ2) is 7.37. The van der Waals surface area contributed by atoms with Crippen LogP contribution < -0.4 is 10.6 Å². The largest absolute Gasteiger partial charge is 0.361 e. The maximum atomic E-state index is 11.3. The molecule has 0 radical (unpaired) electrons. The van der Waals surface area contributed by atoms with E-state index >= 15 is 0 Å². The van der Waals surface area contributed by atoms with Crippen molar-refractivity contribution in [2.45, 2.75) is 6.54 Å². The summed E-state index contributed by atoms with van der Waals surface area (Å²) in [5.41, 5.74) is 0.733. The van der Waals surface area contributed by atoms with Crippen molar-refractivity contribution in [2.24, 2.45) is 0 Å². The summed E-state index contributed by atoms with van der Waals surface area (Å²) in [7, 11) is 0. The maximum absolute atomic E-state index is 11.3. The summed E-state index contributed by atoms with van der Waals surface area (Å²) in [4.78, 5) is 18.6. The van der Waals surface area contributed by atoms with Gasteiger partial charge in [0, 0.05) is 18.1 Å². The Morgan fingerprint density at radius 2 is 1.86 bits per heavy atom. The molecule has 22 heavy (non-hydrogen) atoms. The molecule has 114 valence electrons. The quantitative estimate of drug-likeness (QED) is 0.462. The normalized spacial score (nSPS) is 10.0. The van der Waals surface area contributed by atoms with Gasteiger partial charge in [-0.15, -0.1) is 6.58 Å². The molecule has 0 unspecified atom stereocenters. The standard InChI is InChI=1S/C14H14ClN5O2/c1-2-7-16-13-12(20(21)22)14(19-9-18-13)17-8-10-3-5-11(15)6-4-10/h2-6,9H,1,7-8H2,(H2,16,17,18,19). The van der Waals surface area contributed by atoms with Gasteiger partial charge in [0.05, 0.1) is 4.92 Å². The van der Waals surface area contributed by atoms with Crippen LogP contribution in [0.4, 0.5) is 17.3 Å². The molecule has 0 bridgehead atoms. The van der Waals surface area contributed by atoms with E-state index in [1.165, 1.54) is 6.33 Å². The summed E-state index contributed by atoms with van der Waals surface area (Å²) in [6.07, 6.45) is 2.86. The van der Waals surface area contributed by atoms with Crippen LogP contribution in [0.2, 0.25) is 5.02 Å². The molecule has 0 saturated carbocycles. The van der Waals surface area contributed by atoms with E-state index in [-0.39, 0.29) is 17.3 Å². The number of anilines is 2. The molecule has 2 aromatic rings. The van der Waals surface area contributed by atoms with Crippen LogP contribution in [0.1, 0.15) is 5.56 Å². The fraction of sp³-hybridized carbons (Fsp3) is 0.143. The van der Waals surface area contributed by atoms with Gasteiger partial charge in [0.25, 0.3) is 0 Å². The average molecular weight is 320 g/mol. The number of hydrogen-bond acceptors (Lipinski definition) is 6. The zero-order chi connectivity index (χ0) is 15.9. The Balaban J connectivity index is 2.20. The van der Waals surface area contributed by atoms with Crippen molar-refractivity contribution in [2.75, 3.05) is 17.2 Å². The molecule has 0 aliphatic carbocycles. The summed E-state index contributed by atoms with van der Waals surface area (Å²) in [6, 6.07) is 7.17. The number of rotatable bonds is 7. The minimum absolute atomic E-state index is 0.151. The molecule has 1 heterocycles. The molecule has 0 aliphatic heterocycles. The Kier molecular flexibility index (Phi) is 5.26. The number of nitrogens with zero attached hydrogens (tertiary/aromatic N) is 3. The third kappa shape index (κ3) is 3.92. The second-order valence-corrected chi connectivity index (χ2v) is 4.76. The van der Waals surface area contributed by atoms with Gasteiger partial charge in [-0.3, -0.25) is 10.1 Å². The Morgan fingerprint density at radius 1 is 1.23 bits per heavy atom. The van der Waals surface area contributed by atoms with Crippen molar-refractivity contribution in [3.05, 3.63) is 63.9 Å². The number of hydrogen-bond donors (Lipinski definition) is 2. The monoisotopic (exact) mass is 319 g/mol. The van der Waals surface area contributed by atoms with Gasteiger partial charge < -0.3 is 10.6 Å². The third-order valence-corrected chi connectivity index (χ3v) is 3.04. The number of halogens is 1. The first kappa shape index (κ1) is 15.7. The first-order valence-corrected chi connectivity index (χ1v) is 6.82. The molecule has 0 atom stereocenters. The molecule has 1 aromatic heterocycles. The predicted molar refractivity (Wildman–Crippen MR) is 86.2 cm³/mol. The zero-order valence-corrected chi connectivity index (χ0v) is 12.4. The van der Waals surface area contributed by atoms with Crippen molar-refractivity contribution in [1.82, 2.24) is 9.97 Å². The van der Waals surface area contributed by atoms with E-state index in [0.29, 0.717) is 18.1 Å². The lowest BCUT2D eigenvalue weighted by Gasteiger charge is -2.09.